The quantitative estimate of drug-likeness (QED) is 0.474. The van der Waals surface area contributed by atoms with Gasteiger partial charge in [0.05, 0.1) is 17.1 Å². The number of aromatic nitrogens is 1. The Morgan fingerprint density at radius 1 is 1.19 bits per heavy atom. The summed E-state index contributed by atoms with van der Waals surface area (Å²) >= 11 is 0. The van der Waals surface area contributed by atoms with E-state index in [1.54, 1.807) is 18.2 Å². The number of H-pyrrole nitrogens is 1. The van der Waals surface area contributed by atoms with Gasteiger partial charge in [0.15, 0.2) is 5.60 Å². The van der Waals surface area contributed by atoms with Crippen molar-refractivity contribution in [3.63, 3.8) is 0 Å². The first kappa shape index (κ1) is 21.7. The van der Waals surface area contributed by atoms with Crippen LogP contribution in [0.15, 0.2) is 47.3 Å². The normalized spacial score (nSPS) is 22.2. The Kier molecular flexibility index (Phi) is 4.75. The third kappa shape index (κ3) is 3.19. The highest BCUT2D eigenvalue weighted by molar-refractivity contribution is 5.91. The standard InChI is InChI=1S/C23H20F3N3O3/c1-21(2)11-22(32,23(24,25)26)20(14-7-6-12(10-27)19(31)18(14)21)29-16-5-3-4-15-13(16)8-9-17(30)28-15/h3-9,20,29,31-32H,11H2,1-2H3,(H,28,30). The molecular formula is C23H20F3N3O3. The summed E-state index contributed by atoms with van der Waals surface area (Å²) in [6, 6.07) is 10.2. The average molecular weight is 443 g/mol. The number of nitrogens with one attached hydrogen (secondary N) is 2. The zero-order valence-electron chi connectivity index (χ0n) is 17.2. The summed E-state index contributed by atoms with van der Waals surface area (Å²) in [5.74, 6) is -0.395. The summed E-state index contributed by atoms with van der Waals surface area (Å²) in [7, 11) is 0. The summed E-state index contributed by atoms with van der Waals surface area (Å²) in [6.45, 7) is 2.98. The molecule has 1 aromatic heterocycles. The van der Waals surface area contributed by atoms with Crippen molar-refractivity contribution in [2.24, 2.45) is 0 Å². The highest BCUT2D eigenvalue weighted by Crippen LogP contribution is 2.56. The van der Waals surface area contributed by atoms with E-state index in [-0.39, 0.29) is 27.9 Å². The minimum Gasteiger partial charge on any atom is -0.506 e. The number of halogens is 3. The molecule has 32 heavy (non-hydrogen) atoms. The van der Waals surface area contributed by atoms with E-state index < -0.39 is 35.4 Å². The van der Waals surface area contributed by atoms with Gasteiger partial charge in [-0.05, 0) is 41.7 Å². The van der Waals surface area contributed by atoms with Gasteiger partial charge in [-0.3, -0.25) is 4.79 Å². The number of hydrogen-bond acceptors (Lipinski definition) is 5. The summed E-state index contributed by atoms with van der Waals surface area (Å²) < 4.78 is 42.8. The molecule has 9 heteroatoms. The van der Waals surface area contributed by atoms with Crippen LogP contribution in [0, 0.1) is 11.3 Å². The van der Waals surface area contributed by atoms with E-state index >= 15 is 0 Å². The lowest BCUT2D eigenvalue weighted by Gasteiger charge is -2.49. The first-order chi connectivity index (χ1) is 14.9. The van der Waals surface area contributed by atoms with Crippen molar-refractivity contribution in [1.29, 1.82) is 5.26 Å². The van der Waals surface area contributed by atoms with Crippen LogP contribution in [0.25, 0.3) is 10.9 Å². The number of phenolic OH excluding ortho intramolecular Hbond substituents is 1. The van der Waals surface area contributed by atoms with Crippen molar-refractivity contribution in [2.45, 2.75) is 43.5 Å². The van der Waals surface area contributed by atoms with E-state index in [1.165, 1.54) is 38.1 Å². The number of phenols is 1. The average Bonchev–Trinajstić information content (AvgIpc) is 2.69. The summed E-state index contributed by atoms with van der Waals surface area (Å²) in [5.41, 5.74) is -3.97. The van der Waals surface area contributed by atoms with Crippen LogP contribution < -0.4 is 10.9 Å². The molecule has 1 aliphatic rings. The van der Waals surface area contributed by atoms with Crippen LogP contribution >= 0.6 is 0 Å². The highest BCUT2D eigenvalue weighted by Gasteiger charge is 2.64. The Hall–Kier alpha value is -3.51. The lowest BCUT2D eigenvalue weighted by Crippen LogP contribution is -2.58. The number of nitriles is 1. The van der Waals surface area contributed by atoms with Crippen molar-refractivity contribution < 1.29 is 23.4 Å². The number of hydrogen-bond donors (Lipinski definition) is 4. The van der Waals surface area contributed by atoms with E-state index in [0.29, 0.717) is 10.9 Å². The lowest BCUT2D eigenvalue weighted by atomic mass is 9.63. The molecule has 0 bridgehead atoms. The number of anilines is 1. The maximum absolute atomic E-state index is 14.3. The Bertz CT molecular complexity index is 1320. The molecule has 166 valence electrons. The molecular weight excluding hydrogens is 423 g/mol. The van der Waals surface area contributed by atoms with Crippen LogP contribution in [0.4, 0.5) is 18.9 Å². The summed E-state index contributed by atoms with van der Waals surface area (Å²) in [5, 5.41) is 34.3. The molecule has 0 radical (unpaired) electrons. The molecule has 0 amide bonds. The number of pyridine rings is 1. The number of alkyl halides is 3. The highest BCUT2D eigenvalue weighted by atomic mass is 19.4. The van der Waals surface area contributed by atoms with Gasteiger partial charge in [0.2, 0.25) is 5.56 Å². The first-order valence-electron chi connectivity index (χ1n) is 9.83. The van der Waals surface area contributed by atoms with Crippen LogP contribution in [0.5, 0.6) is 5.75 Å². The monoisotopic (exact) mass is 443 g/mol. The Balaban J connectivity index is 1.98. The minimum atomic E-state index is -5.00. The lowest BCUT2D eigenvalue weighted by molar-refractivity contribution is -0.275. The number of nitrogens with zero attached hydrogens (tertiary/aromatic N) is 1. The van der Waals surface area contributed by atoms with E-state index in [0.717, 1.165) is 0 Å². The van der Waals surface area contributed by atoms with Crippen LogP contribution in [-0.4, -0.2) is 27.0 Å². The largest absolute Gasteiger partial charge is 0.506 e. The number of fused-ring (bicyclic) bond motifs is 2. The molecule has 3 aromatic rings. The molecule has 0 saturated carbocycles. The van der Waals surface area contributed by atoms with Gasteiger partial charge in [-0.2, -0.15) is 18.4 Å². The fraction of sp³-hybridized carbons (Fsp3) is 0.304. The van der Waals surface area contributed by atoms with E-state index in [4.69, 9.17) is 0 Å². The minimum absolute atomic E-state index is 0.0407. The molecule has 1 heterocycles. The van der Waals surface area contributed by atoms with Crippen LogP contribution in [0.2, 0.25) is 0 Å². The van der Waals surface area contributed by atoms with Crippen LogP contribution in [0.1, 0.15) is 43.0 Å². The third-order valence-electron chi connectivity index (χ3n) is 6.06. The molecule has 0 aliphatic heterocycles. The predicted molar refractivity (Wildman–Crippen MR) is 112 cm³/mol. The maximum atomic E-state index is 14.3. The second-order valence-electron chi connectivity index (χ2n) is 8.69. The Morgan fingerprint density at radius 2 is 1.91 bits per heavy atom. The molecule has 6 nitrogen and oxygen atoms in total. The van der Waals surface area contributed by atoms with Gasteiger partial charge in [-0.1, -0.05) is 26.0 Å². The van der Waals surface area contributed by atoms with Gasteiger partial charge in [0.1, 0.15) is 11.8 Å². The van der Waals surface area contributed by atoms with Crippen molar-refractivity contribution in [2.75, 3.05) is 5.32 Å². The molecule has 0 saturated heterocycles. The van der Waals surface area contributed by atoms with Gasteiger partial charge in [-0.25, -0.2) is 0 Å². The zero-order valence-corrected chi connectivity index (χ0v) is 17.2. The summed E-state index contributed by atoms with van der Waals surface area (Å²) in [4.78, 5) is 14.3. The Labute approximate surface area is 180 Å². The third-order valence-corrected chi connectivity index (χ3v) is 6.06. The maximum Gasteiger partial charge on any atom is 0.419 e. The Morgan fingerprint density at radius 3 is 2.56 bits per heavy atom. The number of aromatic hydroxyl groups is 1. The topological polar surface area (TPSA) is 109 Å². The van der Waals surface area contributed by atoms with Crippen LogP contribution in [0.3, 0.4) is 0 Å². The van der Waals surface area contributed by atoms with Crippen LogP contribution in [-0.2, 0) is 5.41 Å². The van der Waals surface area contributed by atoms with Gasteiger partial charge >= 0.3 is 6.18 Å². The van der Waals surface area contributed by atoms with Crippen molar-refractivity contribution in [3.05, 3.63) is 69.5 Å². The van der Waals surface area contributed by atoms with E-state index in [9.17, 15) is 33.4 Å². The number of aromatic amines is 1. The molecule has 0 spiro atoms. The molecule has 1 aliphatic carbocycles. The molecule has 2 aromatic carbocycles. The molecule has 0 fully saturated rings. The molecule has 2 unspecified atom stereocenters. The summed E-state index contributed by atoms with van der Waals surface area (Å²) in [6.07, 6.45) is -5.74. The smallest absolute Gasteiger partial charge is 0.419 e. The number of rotatable bonds is 2. The van der Waals surface area contributed by atoms with Gasteiger partial charge in [0, 0.05) is 22.7 Å². The van der Waals surface area contributed by atoms with Gasteiger partial charge < -0.3 is 20.5 Å². The second kappa shape index (κ2) is 7.00. The molecule has 4 rings (SSSR count). The van der Waals surface area contributed by atoms with E-state index in [2.05, 4.69) is 10.3 Å². The number of benzene rings is 2. The van der Waals surface area contributed by atoms with E-state index in [1.807, 2.05) is 6.07 Å². The zero-order chi connectivity index (χ0) is 23.5. The first-order valence-corrected chi connectivity index (χ1v) is 9.83. The van der Waals surface area contributed by atoms with Gasteiger partial charge in [0.25, 0.3) is 0 Å². The fourth-order valence-corrected chi connectivity index (χ4v) is 4.70. The molecule has 2 atom stereocenters. The van der Waals surface area contributed by atoms with Crippen molar-refractivity contribution >= 4 is 16.6 Å². The SMILES string of the molecule is CC1(C)CC(O)(C(F)(F)F)C(Nc2cccc3[nH]c(=O)ccc23)c2ccc(C#N)c(O)c21. The van der Waals surface area contributed by atoms with Gasteiger partial charge in [-0.15, -0.1) is 0 Å². The van der Waals surface area contributed by atoms with Crippen molar-refractivity contribution in [1.82, 2.24) is 4.98 Å². The number of aliphatic hydroxyl groups is 1. The van der Waals surface area contributed by atoms with Crippen molar-refractivity contribution in [3.8, 4) is 11.8 Å². The predicted octanol–water partition coefficient (Wildman–Crippen LogP) is 4.23. The molecule has 4 N–H and O–H groups in total. The fourth-order valence-electron chi connectivity index (χ4n) is 4.70. The second-order valence-corrected chi connectivity index (χ2v) is 8.69.